The number of carbonyl (C=O) groups excluding carboxylic acids is 2. The molecule has 114 valence electrons. The monoisotopic (exact) mass is 336 g/mol. The normalized spacial score (nSPS) is 39.9. The fourth-order valence-corrected chi connectivity index (χ4v) is 8.78. The average molecular weight is 337 g/mol. The fraction of sp³-hybridized carbons (Fsp3) is 0.375. The average Bonchev–Trinajstić information content (AvgIpc) is 2.80. The summed E-state index contributed by atoms with van der Waals surface area (Å²) < 4.78 is 18.6. The molecule has 2 saturated heterocycles. The maximum atomic E-state index is 13.8. The number of hydrogen-bond acceptors (Lipinski definition) is 4. The minimum atomic E-state index is -2.85. The molecule has 2 fully saturated rings. The number of allylic oxidation sites excluding steroid dienone is 2. The zero-order valence-corrected chi connectivity index (χ0v) is 13.5. The molecule has 22 heavy (non-hydrogen) atoms. The molecule has 0 amide bonds. The maximum Gasteiger partial charge on any atom is 0.318 e. The summed E-state index contributed by atoms with van der Waals surface area (Å²) in [6.45, 7) is 1.82. The Labute approximate surface area is 132 Å². The van der Waals surface area contributed by atoms with Gasteiger partial charge in [0, 0.05) is 22.4 Å². The van der Waals surface area contributed by atoms with E-state index in [0.29, 0.717) is 11.2 Å². The van der Waals surface area contributed by atoms with Gasteiger partial charge < -0.3 is 9.30 Å². The minimum absolute atomic E-state index is 0.335. The zero-order valence-electron chi connectivity index (χ0n) is 11.9. The van der Waals surface area contributed by atoms with Crippen molar-refractivity contribution in [2.24, 2.45) is 17.8 Å². The smallest absolute Gasteiger partial charge is 0.318 e. The molecule has 5 rings (SSSR count). The zero-order chi connectivity index (χ0) is 15.6. The molecule has 5 atom stereocenters. The van der Waals surface area contributed by atoms with Crippen LogP contribution < -0.4 is 5.30 Å². The Balaban J connectivity index is 1.93. The second kappa shape index (κ2) is 4.56. The third-order valence-electron chi connectivity index (χ3n) is 5.16. The molecular weight excluding hydrogens is 323 g/mol. The first-order valence-electron chi connectivity index (χ1n) is 7.21. The lowest BCUT2D eigenvalue weighted by molar-refractivity contribution is -0.153. The van der Waals surface area contributed by atoms with Crippen LogP contribution in [0.15, 0.2) is 40.9 Å². The van der Waals surface area contributed by atoms with Gasteiger partial charge in [0.25, 0.3) is 0 Å². The highest BCUT2D eigenvalue weighted by molar-refractivity contribution is 7.72. The minimum Gasteiger partial charge on any atom is -0.393 e. The summed E-state index contributed by atoms with van der Waals surface area (Å²) in [7, 11) is -2.85. The van der Waals surface area contributed by atoms with Crippen molar-refractivity contribution in [1.82, 2.24) is 0 Å². The number of hydrogen-bond donors (Lipinski definition) is 0. The third kappa shape index (κ3) is 1.63. The van der Waals surface area contributed by atoms with Gasteiger partial charge >= 0.3 is 11.9 Å². The predicted molar refractivity (Wildman–Crippen MR) is 82.5 cm³/mol. The van der Waals surface area contributed by atoms with Gasteiger partial charge in [-0.15, -0.1) is 0 Å². The first-order chi connectivity index (χ1) is 10.4. The molecule has 0 saturated carbocycles. The topological polar surface area (TPSA) is 60.4 Å². The van der Waals surface area contributed by atoms with E-state index >= 15 is 0 Å². The van der Waals surface area contributed by atoms with Crippen LogP contribution in [0, 0.1) is 17.8 Å². The standard InChI is InChI=1S/C16H14ClO4P/c1-8-13(17)10-7-22(20,9-5-3-2-4-6-9)14(8)12-11(10)15(18)21-16(12)19/h2-6,10-12,14H,7H2,1H3/t10-,11-,12-,14-,22?/m0/s1. The van der Waals surface area contributed by atoms with E-state index in [1.54, 1.807) is 0 Å². The molecule has 1 unspecified atom stereocenters. The van der Waals surface area contributed by atoms with Crippen LogP contribution in [0.5, 0.6) is 0 Å². The van der Waals surface area contributed by atoms with Gasteiger partial charge in [-0.05, 0) is 12.5 Å². The molecule has 0 aromatic heterocycles. The molecule has 2 bridgehead atoms. The van der Waals surface area contributed by atoms with Crippen molar-refractivity contribution in [2.45, 2.75) is 12.6 Å². The van der Waals surface area contributed by atoms with Crippen molar-refractivity contribution in [3.8, 4) is 0 Å². The summed E-state index contributed by atoms with van der Waals surface area (Å²) in [5.74, 6) is -2.67. The predicted octanol–water partition coefficient (Wildman–Crippen LogP) is 2.52. The van der Waals surface area contributed by atoms with E-state index in [9.17, 15) is 14.2 Å². The number of benzene rings is 1. The summed E-state index contributed by atoms with van der Waals surface area (Å²) in [5.41, 5.74) is 0.259. The van der Waals surface area contributed by atoms with Crippen LogP contribution in [-0.4, -0.2) is 23.8 Å². The van der Waals surface area contributed by atoms with E-state index in [0.717, 1.165) is 10.9 Å². The Bertz CT molecular complexity index is 770. The molecule has 4 nitrogen and oxygen atoms in total. The van der Waals surface area contributed by atoms with Crippen LogP contribution in [0.25, 0.3) is 0 Å². The molecule has 0 N–H and O–H groups in total. The Morgan fingerprint density at radius 2 is 1.77 bits per heavy atom. The van der Waals surface area contributed by atoms with Crippen molar-refractivity contribution >= 4 is 36.0 Å². The van der Waals surface area contributed by atoms with Crippen LogP contribution in [0.2, 0.25) is 0 Å². The number of ether oxygens (including phenoxy) is 1. The number of esters is 2. The number of carbonyl (C=O) groups is 2. The summed E-state index contributed by atoms with van der Waals surface area (Å²) >= 11 is 6.40. The number of halogens is 1. The third-order valence-corrected chi connectivity index (χ3v) is 9.46. The summed E-state index contributed by atoms with van der Waals surface area (Å²) in [6, 6.07) is 9.21. The van der Waals surface area contributed by atoms with Crippen LogP contribution >= 0.6 is 18.7 Å². The lowest BCUT2D eigenvalue weighted by Crippen LogP contribution is -2.49. The Hall–Kier alpha value is -1.38. The number of cyclic esters (lactones) is 2. The summed E-state index contributed by atoms with van der Waals surface area (Å²) in [4.78, 5) is 24.1. The van der Waals surface area contributed by atoms with Gasteiger partial charge in [-0.25, -0.2) is 0 Å². The fourth-order valence-electron chi connectivity index (χ4n) is 4.25. The van der Waals surface area contributed by atoms with Crippen molar-refractivity contribution in [3.63, 3.8) is 0 Å². The molecule has 4 aliphatic rings. The SMILES string of the molecule is CC1=C(Cl)[C@H]2CP(=O)(c3ccccc3)[C@@H]1[C@H]1C(=O)OC(=O)[C@H]12. The van der Waals surface area contributed by atoms with E-state index < -0.39 is 36.6 Å². The molecule has 3 aliphatic heterocycles. The van der Waals surface area contributed by atoms with Gasteiger partial charge in [0.15, 0.2) is 0 Å². The Kier molecular flexibility index (Phi) is 2.95. The number of fused-ring (bicyclic) bond motifs is 1. The summed E-state index contributed by atoms with van der Waals surface area (Å²) in [6.07, 6.45) is 0.335. The van der Waals surface area contributed by atoms with E-state index in [1.165, 1.54) is 0 Å². The maximum absolute atomic E-state index is 13.8. The van der Waals surface area contributed by atoms with Crippen molar-refractivity contribution in [3.05, 3.63) is 40.9 Å². The van der Waals surface area contributed by atoms with E-state index in [4.69, 9.17) is 16.3 Å². The van der Waals surface area contributed by atoms with E-state index in [1.807, 2.05) is 37.3 Å². The van der Waals surface area contributed by atoms with Crippen LogP contribution in [0.3, 0.4) is 0 Å². The molecule has 3 heterocycles. The molecule has 1 aromatic rings. The highest BCUT2D eigenvalue weighted by Crippen LogP contribution is 2.69. The second-order valence-corrected chi connectivity index (χ2v) is 9.62. The largest absolute Gasteiger partial charge is 0.393 e. The van der Waals surface area contributed by atoms with Gasteiger partial charge in [-0.1, -0.05) is 41.9 Å². The van der Waals surface area contributed by atoms with Gasteiger partial charge in [-0.3, -0.25) is 9.59 Å². The Morgan fingerprint density at radius 3 is 2.45 bits per heavy atom. The van der Waals surface area contributed by atoms with Crippen LogP contribution in [0.4, 0.5) is 0 Å². The molecule has 1 aromatic carbocycles. The first kappa shape index (κ1) is 14.2. The Morgan fingerprint density at radius 1 is 1.14 bits per heavy atom. The molecule has 0 spiro atoms. The summed E-state index contributed by atoms with van der Waals surface area (Å²) in [5, 5.41) is 1.33. The lowest BCUT2D eigenvalue weighted by atomic mass is 9.74. The molecular formula is C16H14ClO4P. The van der Waals surface area contributed by atoms with Crippen molar-refractivity contribution in [1.29, 1.82) is 0 Å². The highest BCUT2D eigenvalue weighted by Gasteiger charge is 2.65. The number of rotatable bonds is 1. The van der Waals surface area contributed by atoms with Crippen molar-refractivity contribution < 1.29 is 18.9 Å². The van der Waals surface area contributed by atoms with Crippen molar-refractivity contribution in [2.75, 3.05) is 6.16 Å². The van der Waals surface area contributed by atoms with Gasteiger partial charge in [0.1, 0.15) is 7.14 Å². The molecule has 1 aliphatic carbocycles. The lowest BCUT2D eigenvalue weighted by Gasteiger charge is -2.47. The molecule has 0 radical (unpaired) electrons. The van der Waals surface area contributed by atoms with Gasteiger partial charge in [0.2, 0.25) is 0 Å². The van der Waals surface area contributed by atoms with Crippen LogP contribution in [0.1, 0.15) is 6.92 Å². The van der Waals surface area contributed by atoms with Gasteiger partial charge in [-0.2, -0.15) is 0 Å². The quantitative estimate of drug-likeness (QED) is 0.449. The highest BCUT2D eigenvalue weighted by atomic mass is 35.5. The van der Waals surface area contributed by atoms with Crippen LogP contribution in [-0.2, 0) is 18.9 Å². The van der Waals surface area contributed by atoms with E-state index in [2.05, 4.69) is 0 Å². The first-order valence-corrected chi connectivity index (χ1v) is 9.55. The molecule has 6 heteroatoms. The van der Waals surface area contributed by atoms with E-state index in [-0.39, 0.29) is 5.92 Å². The second-order valence-electron chi connectivity index (χ2n) is 6.19. The van der Waals surface area contributed by atoms with Gasteiger partial charge in [0.05, 0.1) is 17.5 Å².